The van der Waals surface area contributed by atoms with Crippen molar-refractivity contribution in [2.24, 2.45) is 0 Å². The molecule has 142 valence electrons. The zero-order valence-corrected chi connectivity index (χ0v) is 17.2. The van der Waals surface area contributed by atoms with Crippen LogP contribution < -0.4 is 21.9 Å². The van der Waals surface area contributed by atoms with E-state index in [0.717, 1.165) is 35.1 Å². The van der Waals surface area contributed by atoms with Crippen LogP contribution >= 0.6 is 11.8 Å². The van der Waals surface area contributed by atoms with Crippen LogP contribution in [0.2, 0.25) is 0 Å². The molecule has 2 aliphatic rings. The lowest BCUT2D eigenvalue weighted by atomic mass is 10.0. The van der Waals surface area contributed by atoms with Crippen molar-refractivity contribution in [3.8, 4) is 0 Å². The maximum absolute atomic E-state index is 11.6. The van der Waals surface area contributed by atoms with Gasteiger partial charge in [-0.05, 0) is 36.7 Å². The van der Waals surface area contributed by atoms with E-state index < -0.39 is 10.6 Å². The minimum atomic E-state index is -1.28. The van der Waals surface area contributed by atoms with E-state index in [-0.39, 0.29) is 22.7 Å². The minimum absolute atomic E-state index is 0. The Bertz CT molecular complexity index is 921. The summed E-state index contributed by atoms with van der Waals surface area (Å²) in [7, 11) is 0. The second-order valence-corrected chi connectivity index (χ2v) is 7.69. The van der Waals surface area contributed by atoms with Gasteiger partial charge < -0.3 is 22.1 Å². The van der Waals surface area contributed by atoms with Crippen LogP contribution in [0.25, 0.3) is 0 Å². The molecule has 2 aromatic carbocycles. The molecular formula is C19H20BrN3O3S. The number of nitrogens with zero attached hydrogens (tertiary/aromatic N) is 3. The lowest BCUT2D eigenvalue weighted by Crippen LogP contribution is -3.00. The number of para-hydroxylation sites is 1. The second-order valence-electron chi connectivity index (χ2n) is 6.63. The summed E-state index contributed by atoms with van der Waals surface area (Å²) in [6.07, 6.45) is 0.965. The van der Waals surface area contributed by atoms with Gasteiger partial charge in [-0.1, -0.05) is 30.3 Å². The number of β-amino-alcohol motifs (C(OH)–C–C–N with tert-alkyl or cyclic N) is 1. The third kappa shape index (κ3) is 3.37. The first kappa shape index (κ1) is 19.9. The van der Waals surface area contributed by atoms with Crippen LogP contribution in [0.3, 0.4) is 0 Å². The summed E-state index contributed by atoms with van der Waals surface area (Å²) in [4.78, 5) is 12.9. The first-order chi connectivity index (χ1) is 12.5. The maximum Gasteiger partial charge on any atom is 0.316 e. The lowest BCUT2D eigenvalue weighted by molar-refractivity contribution is -0.656. The SMILES string of the molecule is Cc1ccccc1N1CC(O)(c2cccc([N+](=O)[O-])c2)[N+]2=C1SCCC2.[Br-]. The number of benzene rings is 2. The molecule has 1 atom stereocenters. The number of halogens is 1. The van der Waals surface area contributed by atoms with Crippen LogP contribution in [-0.2, 0) is 5.72 Å². The minimum Gasteiger partial charge on any atom is -1.00 e. The number of amidine groups is 1. The predicted octanol–water partition coefficient (Wildman–Crippen LogP) is 0.0779. The molecule has 2 aliphatic heterocycles. The Morgan fingerprint density at radius 2 is 2.04 bits per heavy atom. The number of thioether (sulfide) groups is 1. The predicted molar refractivity (Wildman–Crippen MR) is 103 cm³/mol. The van der Waals surface area contributed by atoms with Crippen LogP contribution in [-0.4, -0.2) is 38.6 Å². The maximum atomic E-state index is 11.6. The highest BCUT2D eigenvalue weighted by Gasteiger charge is 2.53. The molecule has 0 amide bonds. The first-order valence-electron chi connectivity index (χ1n) is 8.58. The van der Waals surface area contributed by atoms with Crippen LogP contribution in [0.15, 0.2) is 48.5 Å². The van der Waals surface area contributed by atoms with Gasteiger partial charge in [0.15, 0.2) is 6.54 Å². The van der Waals surface area contributed by atoms with Crippen molar-refractivity contribution in [1.82, 2.24) is 0 Å². The topological polar surface area (TPSA) is 69.6 Å². The molecule has 0 bridgehead atoms. The van der Waals surface area contributed by atoms with Gasteiger partial charge in [0, 0.05) is 23.4 Å². The zero-order chi connectivity index (χ0) is 18.3. The largest absolute Gasteiger partial charge is 1.00 e. The molecule has 0 saturated heterocycles. The second kappa shape index (κ2) is 7.61. The molecule has 8 heteroatoms. The van der Waals surface area contributed by atoms with Gasteiger partial charge >= 0.3 is 5.17 Å². The standard InChI is InChI=1S/C19H20N3O3S.BrH/c1-14-6-2-3-9-17(14)20-13-19(23,21-10-5-11-26-18(20)21)15-7-4-8-16(12-15)22(24)25;/h2-4,6-9,12,23H,5,10-11,13H2,1H3;1H/q+1;/p-1. The molecule has 6 nitrogen and oxygen atoms in total. The molecule has 1 N–H and O–H groups in total. The Kier molecular flexibility index (Phi) is 5.60. The molecule has 0 aromatic heterocycles. The Morgan fingerprint density at radius 1 is 1.26 bits per heavy atom. The molecule has 0 spiro atoms. The molecule has 4 rings (SSSR count). The van der Waals surface area contributed by atoms with Gasteiger partial charge in [-0.25, -0.2) is 9.48 Å². The van der Waals surface area contributed by atoms with Gasteiger partial charge in [-0.15, -0.1) is 0 Å². The summed E-state index contributed by atoms with van der Waals surface area (Å²) < 4.78 is 1.99. The fourth-order valence-corrected chi connectivity index (χ4v) is 4.84. The van der Waals surface area contributed by atoms with Gasteiger partial charge in [0.2, 0.25) is 0 Å². The number of rotatable bonds is 3. The number of anilines is 1. The number of hydrogen-bond acceptors (Lipinski definition) is 5. The normalized spacial score (nSPS) is 21.6. The summed E-state index contributed by atoms with van der Waals surface area (Å²) in [5, 5.41) is 23.8. The van der Waals surface area contributed by atoms with Crippen LogP contribution in [0, 0.1) is 17.0 Å². The number of non-ortho nitro benzene ring substituents is 1. The lowest BCUT2D eigenvalue weighted by Gasteiger charge is -2.24. The number of hydrogen-bond donors (Lipinski definition) is 1. The molecule has 0 saturated carbocycles. The van der Waals surface area contributed by atoms with Crippen LogP contribution in [0.1, 0.15) is 17.5 Å². The van der Waals surface area contributed by atoms with Gasteiger partial charge in [0.1, 0.15) is 5.69 Å². The Balaban J connectivity index is 0.00000210. The molecule has 0 radical (unpaired) electrons. The van der Waals surface area contributed by atoms with Crippen LogP contribution in [0.5, 0.6) is 0 Å². The Morgan fingerprint density at radius 3 is 2.78 bits per heavy atom. The van der Waals surface area contributed by atoms with E-state index in [9.17, 15) is 15.2 Å². The highest BCUT2D eigenvalue weighted by molar-refractivity contribution is 8.13. The van der Waals surface area contributed by atoms with E-state index in [0.29, 0.717) is 12.1 Å². The average molecular weight is 450 g/mol. The van der Waals surface area contributed by atoms with Crippen molar-refractivity contribution in [3.63, 3.8) is 0 Å². The van der Waals surface area contributed by atoms with Gasteiger partial charge in [-0.3, -0.25) is 10.1 Å². The van der Waals surface area contributed by atoms with E-state index in [1.54, 1.807) is 23.9 Å². The fourth-order valence-electron chi connectivity index (χ4n) is 3.67. The molecule has 27 heavy (non-hydrogen) atoms. The van der Waals surface area contributed by atoms with E-state index in [4.69, 9.17) is 0 Å². The van der Waals surface area contributed by atoms with Crippen LogP contribution in [0.4, 0.5) is 11.4 Å². The highest BCUT2D eigenvalue weighted by Crippen LogP contribution is 2.39. The monoisotopic (exact) mass is 449 g/mol. The molecule has 2 heterocycles. The smallest absolute Gasteiger partial charge is 0.316 e. The summed E-state index contributed by atoms with van der Waals surface area (Å²) >= 11 is 1.73. The summed E-state index contributed by atoms with van der Waals surface area (Å²) in [5.74, 6) is 0.999. The van der Waals surface area contributed by atoms with Gasteiger partial charge in [-0.2, -0.15) is 0 Å². The third-order valence-corrected chi connectivity index (χ3v) is 6.16. The van der Waals surface area contributed by atoms with Crippen molar-refractivity contribution in [2.75, 3.05) is 23.7 Å². The van der Waals surface area contributed by atoms with Crippen molar-refractivity contribution in [2.45, 2.75) is 19.1 Å². The zero-order valence-electron chi connectivity index (χ0n) is 14.8. The Labute approximate surface area is 172 Å². The van der Waals surface area contributed by atoms with E-state index >= 15 is 0 Å². The van der Waals surface area contributed by atoms with Gasteiger partial charge in [0.25, 0.3) is 11.4 Å². The number of nitro groups is 1. The quantitative estimate of drug-likeness (QED) is 0.408. The third-order valence-electron chi connectivity index (χ3n) is 4.97. The van der Waals surface area contributed by atoms with Crippen molar-refractivity contribution >= 4 is 28.3 Å². The molecular weight excluding hydrogens is 430 g/mol. The van der Waals surface area contributed by atoms with Crippen molar-refractivity contribution < 1.29 is 31.6 Å². The first-order valence-corrected chi connectivity index (χ1v) is 9.57. The summed E-state index contributed by atoms with van der Waals surface area (Å²) in [6.45, 7) is 3.13. The van der Waals surface area contributed by atoms with E-state index in [1.807, 2.05) is 16.7 Å². The van der Waals surface area contributed by atoms with E-state index in [1.165, 1.54) is 12.1 Å². The summed E-state index contributed by atoms with van der Waals surface area (Å²) in [6, 6.07) is 14.4. The van der Waals surface area contributed by atoms with Crippen molar-refractivity contribution in [1.29, 1.82) is 0 Å². The highest BCUT2D eigenvalue weighted by atomic mass is 79.9. The Hall–Kier alpha value is -1.90. The van der Waals surface area contributed by atoms with Crippen molar-refractivity contribution in [3.05, 3.63) is 69.8 Å². The average Bonchev–Trinajstić information content (AvgIpc) is 2.97. The number of nitro benzene ring substituents is 1. The fraction of sp³-hybridized carbons (Fsp3) is 0.316. The summed E-state index contributed by atoms with van der Waals surface area (Å²) in [5.41, 5.74) is 1.47. The molecule has 0 aliphatic carbocycles. The molecule has 1 unspecified atom stereocenters. The molecule has 2 aromatic rings. The van der Waals surface area contributed by atoms with Gasteiger partial charge in [0.05, 0.1) is 11.5 Å². The van der Waals surface area contributed by atoms with E-state index in [2.05, 4.69) is 24.0 Å². The number of aryl methyl sites for hydroxylation is 1. The number of aliphatic hydroxyl groups is 1. The molecule has 0 fully saturated rings.